The molecule has 1 heterocycles. The lowest BCUT2D eigenvalue weighted by Gasteiger charge is -2.41. The van der Waals surface area contributed by atoms with Crippen molar-refractivity contribution in [2.45, 2.75) is 31.3 Å². The first-order chi connectivity index (χ1) is 10.2. The van der Waals surface area contributed by atoms with Gasteiger partial charge in [0, 0.05) is 18.2 Å². The number of alkyl halides is 1. The van der Waals surface area contributed by atoms with E-state index in [1.54, 1.807) is 11.9 Å². The molecule has 0 radical (unpaired) electrons. The fourth-order valence-electron chi connectivity index (χ4n) is 2.39. The van der Waals surface area contributed by atoms with Crippen LogP contribution in [0.4, 0.5) is 10.1 Å². The molecule has 1 aliphatic rings. The largest absolute Gasteiger partial charge is 0.465 e. The summed E-state index contributed by atoms with van der Waals surface area (Å²) in [5.41, 5.74) is 0.732. The van der Waals surface area contributed by atoms with Crippen molar-refractivity contribution in [3.05, 3.63) is 29.1 Å². The second-order valence-electron chi connectivity index (χ2n) is 5.58. The van der Waals surface area contributed by atoms with Gasteiger partial charge in [-0.25, -0.2) is 9.18 Å². The Morgan fingerprint density at radius 1 is 1.50 bits per heavy atom. The molecular formula is C15H18ClFN2O3. The number of carbonyl (C=O) groups is 2. The van der Waals surface area contributed by atoms with E-state index in [1.165, 1.54) is 13.2 Å². The van der Waals surface area contributed by atoms with E-state index in [9.17, 15) is 14.0 Å². The van der Waals surface area contributed by atoms with E-state index >= 15 is 0 Å². The van der Waals surface area contributed by atoms with Crippen molar-refractivity contribution in [2.75, 3.05) is 19.5 Å². The molecule has 22 heavy (non-hydrogen) atoms. The summed E-state index contributed by atoms with van der Waals surface area (Å²) in [6.07, 6.45) is 0.161. The monoisotopic (exact) mass is 328 g/mol. The zero-order valence-corrected chi connectivity index (χ0v) is 13.6. The van der Waals surface area contributed by atoms with Gasteiger partial charge in [-0.05, 0) is 38.6 Å². The normalized spacial score (nSPS) is 20.8. The Hall–Kier alpha value is -1.66. The average Bonchev–Trinajstić information content (AvgIpc) is 2.46. The maximum Gasteiger partial charge on any atom is 0.340 e. The zero-order chi connectivity index (χ0) is 16.7. The molecule has 0 fully saturated rings. The van der Waals surface area contributed by atoms with Gasteiger partial charge in [-0.2, -0.15) is 0 Å². The molecule has 0 aliphatic carbocycles. The molecule has 7 heteroatoms. The molecule has 1 aromatic carbocycles. The molecule has 1 amide bonds. The third-order valence-electron chi connectivity index (χ3n) is 3.95. The highest BCUT2D eigenvalue weighted by Gasteiger charge is 2.45. The molecule has 1 unspecified atom stereocenters. The summed E-state index contributed by atoms with van der Waals surface area (Å²) in [5.74, 6) is -1.93. The van der Waals surface area contributed by atoms with Gasteiger partial charge in [0.1, 0.15) is 5.82 Å². The van der Waals surface area contributed by atoms with E-state index < -0.39 is 22.7 Å². The van der Waals surface area contributed by atoms with E-state index in [1.807, 2.05) is 13.8 Å². The summed E-state index contributed by atoms with van der Waals surface area (Å²) < 4.78 is 18.5. The Labute approximate surface area is 133 Å². The molecule has 1 atom stereocenters. The number of nitrogens with one attached hydrogen (secondary N) is 1. The van der Waals surface area contributed by atoms with Crippen LogP contribution in [0.2, 0.25) is 0 Å². The number of benzene rings is 1. The van der Waals surface area contributed by atoms with E-state index in [0.717, 1.165) is 6.07 Å². The maximum absolute atomic E-state index is 13.9. The van der Waals surface area contributed by atoms with Crippen LogP contribution < -0.4 is 5.32 Å². The van der Waals surface area contributed by atoms with Crippen LogP contribution in [0.25, 0.3) is 0 Å². The summed E-state index contributed by atoms with van der Waals surface area (Å²) in [6, 6.07) is 2.53. The minimum atomic E-state index is -1.29. The Bertz CT molecular complexity index is 635. The molecule has 0 aromatic heterocycles. The van der Waals surface area contributed by atoms with Crippen LogP contribution in [0.3, 0.4) is 0 Å². The SMILES string of the molecule is COC(=O)c1cc2c(cc1F)NC(=O)C(Cl)(N(C)C(C)C)C2. The summed E-state index contributed by atoms with van der Waals surface area (Å²) in [7, 11) is 2.92. The van der Waals surface area contributed by atoms with Crippen LogP contribution in [0, 0.1) is 5.82 Å². The molecule has 2 rings (SSSR count). The number of esters is 1. The predicted molar refractivity (Wildman–Crippen MR) is 81.6 cm³/mol. The van der Waals surface area contributed by atoms with Gasteiger partial charge in [0.05, 0.1) is 12.7 Å². The van der Waals surface area contributed by atoms with Gasteiger partial charge in [-0.3, -0.25) is 9.69 Å². The van der Waals surface area contributed by atoms with Crippen molar-refractivity contribution < 1.29 is 18.7 Å². The van der Waals surface area contributed by atoms with Gasteiger partial charge in [-0.15, -0.1) is 0 Å². The number of ether oxygens (including phenoxy) is 1. The topological polar surface area (TPSA) is 58.6 Å². The number of likely N-dealkylation sites (N-methyl/N-ethyl adjacent to an activating group) is 1. The van der Waals surface area contributed by atoms with Crippen LogP contribution in [-0.4, -0.2) is 42.0 Å². The molecule has 1 aromatic rings. The van der Waals surface area contributed by atoms with Crippen molar-refractivity contribution in [1.29, 1.82) is 0 Å². The first kappa shape index (κ1) is 16.7. The number of hydrogen-bond acceptors (Lipinski definition) is 4. The van der Waals surface area contributed by atoms with E-state index in [4.69, 9.17) is 11.6 Å². The summed E-state index contributed by atoms with van der Waals surface area (Å²) in [4.78, 5) is 24.4. The standard InChI is InChI=1S/C15H18ClFN2O3/c1-8(2)19(3)15(16)7-9-5-10(13(20)22-4)11(17)6-12(9)18-14(15)21/h5-6,8H,7H2,1-4H3,(H,18,21). The molecule has 1 N–H and O–H groups in total. The zero-order valence-electron chi connectivity index (χ0n) is 12.9. The number of nitrogens with zero attached hydrogens (tertiary/aromatic N) is 1. The minimum absolute atomic E-state index is 0.0327. The van der Waals surface area contributed by atoms with E-state index in [2.05, 4.69) is 10.1 Å². The quantitative estimate of drug-likeness (QED) is 0.526. The number of halogens is 2. The number of rotatable bonds is 3. The van der Waals surface area contributed by atoms with Crippen LogP contribution in [0.5, 0.6) is 0 Å². The van der Waals surface area contributed by atoms with Crippen molar-refractivity contribution >= 4 is 29.2 Å². The third-order valence-corrected chi connectivity index (χ3v) is 4.52. The summed E-state index contributed by atoms with van der Waals surface area (Å²) in [5, 5.41) is 2.61. The lowest BCUT2D eigenvalue weighted by molar-refractivity contribution is -0.124. The number of methoxy groups -OCH3 is 1. The highest BCUT2D eigenvalue weighted by Crippen LogP contribution is 2.36. The number of amides is 1. The average molecular weight is 329 g/mol. The third kappa shape index (κ3) is 2.68. The van der Waals surface area contributed by atoms with Crippen molar-refractivity contribution in [3.8, 4) is 0 Å². The Morgan fingerprint density at radius 2 is 2.14 bits per heavy atom. The van der Waals surface area contributed by atoms with Gasteiger partial charge < -0.3 is 10.1 Å². The molecule has 5 nitrogen and oxygen atoms in total. The highest BCUT2D eigenvalue weighted by atomic mass is 35.5. The number of fused-ring (bicyclic) bond motifs is 1. The molecule has 120 valence electrons. The van der Waals surface area contributed by atoms with Crippen molar-refractivity contribution in [1.82, 2.24) is 4.90 Å². The second-order valence-corrected chi connectivity index (χ2v) is 6.20. The van der Waals surface area contributed by atoms with Gasteiger partial charge in [0.25, 0.3) is 5.91 Å². The number of hydrogen-bond donors (Lipinski definition) is 1. The smallest absolute Gasteiger partial charge is 0.340 e. The van der Waals surface area contributed by atoms with E-state index in [0.29, 0.717) is 11.3 Å². The van der Waals surface area contributed by atoms with E-state index in [-0.39, 0.29) is 18.0 Å². The number of anilines is 1. The van der Waals surface area contributed by atoms with Crippen LogP contribution in [0.15, 0.2) is 12.1 Å². The Morgan fingerprint density at radius 3 is 2.68 bits per heavy atom. The molecule has 0 spiro atoms. The Balaban J connectivity index is 2.47. The lowest BCUT2D eigenvalue weighted by atomic mass is 9.94. The van der Waals surface area contributed by atoms with Crippen LogP contribution in [0.1, 0.15) is 29.8 Å². The molecule has 1 aliphatic heterocycles. The Kier molecular flexibility index (Phi) is 4.44. The van der Waals surface area contributed by atoms with Gasteiger partial charge in [0.15, 0.2) is 5.00 Å². The molecule has 0 bridgehead atoms. The highest BCUT2D eigenvalue weighted by molar-refractivity contribution is 6.37. The van der Waals surface area contributed by atoms with Crippen molar-refractivity contribution in [3.63, 3.8) is 0 Å². The minimum Gasteiger partial charge on any atom is -0.465 e. The molecule has 0 saturated heterocycles. The first-order valence-corrected chi connectivity index (χ1v) is 7.22. The van der Waals surface area contributed by atoms with Crippen molar-refractivity contribution in [2.24, 2.45) is 0 Å². The summed E-state index contributed by atoms with van der Waals surface area (Å²) in [6.45, 7) is 3.83. The van der Waals surface area contributed by atoms with Crippen LogP contribution >= 0.6 is 11.6 Å². The van der Waals surface area contributed by atoms with Crippen LogP contribution in [-0.2, 0) is 16.0 Å². The predicted octanol–water partition coefficient (Wildman–Crippen LogP) is 2.38. The number of carbonyl (C=O) groups excluding carboxylic acids is 2. The summed E-state index contributed by atoms with van der Waals surface area (Å²) >= 11 is 6.51. The fourth-order valence-corrected chi connectivity index (χ4v) is 2.78. The van der Waals surface area contributed by atoms with Gasteiger partial charge >= 0.3 is 5.97 Å². The second kappa shape index (κ2) is 5.85. The van der Waals surface area contributed by atoms with Gasteiger partial charge in [0.2, 0.25) is 0 Å². The molecule has 0 saturated carbocycles. The molecular weight excluding hydrogens is 311 g/mol. The maximum atomic E-state index is 13.9. The lowest BCUT2D eigenvalue weighted by Crippen LogP contribution is -2.57. The van der Waals surface area contributed by atoms with Gasteiger partial charge in [-0.1, -0.05) is 11.6 Å². The fraction of sp³-hybridized carbons (Fsp3) is 0.467. The first-order valence-electron chi connectivity index (χ1n) is 6.84.